The Morgan fingerprint density at radius 3 is 2.75 bits per heavy atom. The van der Waals surface area contributed by atoms with Gasteiger partial charge in [0.15, 0.2) is 0 Å². The van der Waals surface area contributed by atoms with E-state index in [1.165, 1.54) is 11.8 Å². The SMILES string of the molecule is CCOC(=S)SC(C)C#Cc1ccccc1. The van der Waals surface area contributed by atoms with Crippen LogP contribution in [0.2, 0.25) is 0 Å². The maximum atomic E-state index is 5.19. The molecule has 0 amide bonds. The Balaban J connectivity index is 2.49. The maximum absolute atomic E-state index is 5.19. The molecule has 16 heavy (non-hydrogen) atoms. The fraction of sp³-hybridized carbons (Fsp3) is 0.308. The Kier molecular flexibility index (Phi) is 5.99. The standard InChI is InChI=1S/C13H14OS2/c1-3-14-13(15)16-11(2)9-10-12-7-5-4-6-8-12/h4-8,11H,3H2,1-2H3. The topological polar surface area (TPSA) is 9.23 Å². The van der Waals surface area contributed by atoms with Gasteiger partial charge in [0.05, 0.1) is 11.9 Å². The van der Waals surface area contributed by atoms with E-state index in [-0.39, 0.29) is 5.25 Å². The average Bonchev–Trinajstić information content (AvgIpc) is 2.28. The van der Waals surface area contributed by atoms with Crippen molar-refractivity contribution in [3.8, 4) is 11.8 Å². The van der Waals surface area contributed by atoms with Crippen LogP contribution in [-0.2, 0) is 4.74 Å². The second kappa shape index (κ2) is 7.32. The fourth-order valence-electron chi connectivity index (χ4n) is 1.03. The van der Waals surface area contributed by atoms with Crippen LogP contribution in [-0.4, -0.2) is 16.2 Å². The van der Waals surface area contributed by atoms with Crippen LogP contribution in [0.15, 0.2) is 30.3 Å². The first-order chi connectivity index (χ1) is 7.72. The van der Waals surface area contributed by atoms with E-state index in [0.29, 0.717) is 11.0 Å². The van der Waals surface area contributed by atoms with Crippen LogP contribution in [0, 0.1) is 11.8 Å². The Labute approximate surface area is 107 Å². The number of benzene rings is 1. The molecule has 1 rings (SSSR count). The first kappa shape index (κ1) is 13.1. The Morgan fingerprint density at radius 2 is 2.12 bits per heavy atom. The lowest BCUT2D eigenvalue weighted by Crippen LogP contribution is -2.02. The highest BCUT2D eigenvalue weighted by Crippen LogP contribution is 2.13. The van der Waals surface area contributed by atoms with Crippen molar-refractivity contribution in [3.05, 3.63) is 35.9 Å². The molecule has 0 aliphatic heterocycles. The predicted octanol–water partition coefficient (Wildman–Crippen LogP) is 3.48. The molecule has 84 valence electrons. The second-order valence-electron chi connectivity index (χ2n) is 3.08. The molecule has 1 atom stereocenters. The Morgan fingerprint density at radius 1 is 1.44 bits per heavy atom. The van der Waals surface area contributed by atoms with E-state index >= 15 is 0 Å². The van der Waals surface area contributed by atoms with Crippen LogP contribution in [0.3, 0.4) is 0 Å². The summed E-state index contributed by atoms with van der Waals surface area (Å²) in [6.45, 7) is 4.56. The number of rotatable bonds is 2. The lowest BCUT2D eigenvalue weighted by molar-refractivity contribution is 0.346. The number of hydrogen-bond donors (Lipinski definition) is 0. The van der Waals surface area contributed by atoms with Crippen LogP contribution in [0.25, 0.3) is 0 Å². The molecule has 1 aromatic carbocycles. The molecule has 0 bridgehead atoms. The summed E-state index contributed by atoms with van der Waals surface area (Å²) < 4.78 is 5.76. The van der Waals surface area contributed by atoms with Crippen LogP contribution in [0.1, 0.15) is 19.4 Å². The largest absolute Gasteiger partial charge is 0.479 e. The molecule has 0 heterocycles. The van der Waals surface area contributed by atoms with Crippen molar-refractivity contribution in [2.75, 3.05) is 6.61 Å². The lowest BCUT2D eigenvalue weighted by atomic mass is 10.2. The zero-order valence-electron chi connectivity index (χ0n) is 9.40. The Hall–Kier alpha value is -0.980. The van der Waals surface area contributed by atoms with E-state index in [9.17, 15) is 0 Å². The average molecular weight is 250 g/mol. The van der Waals surface area contributed by atoms with Crippen molar-refractivity contribution in [1.29, 1.82) is 0 Å². The first-order valence-electron chi connectivity index (χ1n) is 5.12. The van der Waals surface area contributed by atoms with Gasteiger partial charge in [-0.3, -0.25) is 0 Å². The summed E-state index contributed by atoms with van der Waals surface area (Å²) in [6.07, 6.45) is 0. The maximum Gasteiger partial charge on any atom is 0.221 e. The molecular formula is C13H14OS2. The van der Waals surface area contributed by atoms with Gasteiger partial charge in [0, 0.05) is 5.56 Å². The van der Waals surface area contributed by atoms with E-state index in [2.05, 4.69) is 11.8 Å². The van der Waals surface area contributed by atoms with Crippen molar-refractivity contribution >= 4 is 28.4 Å². The molecule has 0 spiro atoms. The van der Waals surface area contributed by atoms with Gasteiger partial charge in [0.2, 0.25) is 4.38 Å². The van der Waals surface area contributed by atoms with Crippen LogP contribution in [0.4, 0.5) is 0 Å². The van der Waals surface area contributed by atoms with Gasteiger partial charge in [-0.05, 0) is 38.2 Å². The molecule has 0 aliphatic carbocycles. The van der Waals surface area contributed by atoms with Gasteiger partial charge in [-0.2, -0.15) is 0 Å². The van der Waals surface area contributed by atoms with Crippen molar-refractivity contribution in [2.24, 2.45) is 0 Å². The van der Waals surface area contributed by atoms with Crippen LogP contribution in [0.5, 0.6) is 0 Å². The molecule has 0 saturated heterocycles. The zero-order valence-corrected chi connectivity index (χ0v) is 11.0. The summed E-state index contributed by atoms with van der Waals surface area (Å²) in [7, 11) is 0. The number of ether oxygens (including phenoxy) is 1. The molecule has 0 aliphatic rings. The molecule has 0 aromatic heterocycles. The van der Waals surface area contributed by atoms with Gasteiger partial charge in [-0.25, -0.2) is 0 Å². The molecule has 0 radical (unpaired) electrons. The normalized spacial score (nSPS) is 11.1. The number of thioether (sulfide) groups is 1. The highest BCUT2D eigenvalue weighted by Gasteiger charge is 2.03. The van der Waals surface area contributed by atoms with Crippen LogP contribution >= 0.6 is 24.0 Å². The van der Waals surface area contributed by atoms with Gasteiger partial charge in [0.25, 0.3) is 0 Å². The molecule has 0 saturated carbocycles. The molecule has 0 fully saturated rings. The van der Waals surface area contributed by atoms with Crippen molar-refractivity contribution in [1.82, 2.24) is 0 Å². The molecule has 1 nitrogen and oxygen atoms in total. The second-order valence-corrected chi connectivity index (χ2v) is 5.02. The Bertz CT molecular complexity index is 389. The van der Waals surface area contributed by atoms with E-state index in [0.717, 1.165) is 5.56 Å². The van der Waals surface area contributed by atoms with Gasteiger partial charge >= 0.3 is 0 Å². The smallest absolute Gasteiger partial charge is 0.221 e. The van der Waals surface area contributed by atoms with Gasteiger partial charge < -0.3 is 4.74 Å². The summed E-state index contributed by atoms with van der Waals surface area (Å²) in [6, 6.07) is 9.92. The summed E-state index contributed by atoms with van der Waals surface area (Å²) in [4.78, 5) is 0. The van der Waals surface area contributed by atoms with Crippen LogP contribution < -0.4 is 0 Å². The fourth-order valence-corrected chi connectivity index (χ4v) is 2.18. The van der Waals surface area contributed by atoms with E-state index < -0.39 is 0 Å². The number of thiocarbonyl (C=S) groups is 1. The molecule has 1 aromatic rings. The monoisotopic (exact) mass is 250 g/mol. The molecule has 3 heteroatoms. The third kappa shape index (κ3) is 5.20. The summed E-state index contributed by atoms with van der Waals surface area (Å²) >= 11 is 6.51. The van der Waals surface area contributed by atoms with Crippen molar-refractivity contribution in [2.45, 2.75) is 19.1 Å². The highest BCUT2D eigenvalue weighted by molar-refractivity contribution is 8.23. The third-order valence-electron chi connectivity index (χ3n) is 1.73. The van der Waals surface area contributed by atoms with E-state index in [4.69, 9.17) is 17.0 Å². The summed E-state index contributed by atoms with van der Waals surface area (Å²) in [5.41, 5.74) is 1.03. The van der Waals surface area contributed by atoms with Gasteiger partial charge in [0.1, 0.15) is 0 Å². The minimum atomic E-state index is 0.152. The van der Waals surface area contributed by atoms with Gasteiger partial charge in [-0.1, -0.05) is 41.8 Å². The minimum absolute atomic E-state index is 0.152. The number of hydrogen-bond acceptors (Lipinski definition) is 3. The molecular weight excluding hydrogens is 236 g/mol. The van der Waals surface area contributed by atoms with Gasteiger partial charge in [-0.15, -0.1) is 0 Å². The van der Waals surface area contributed by atoms with E-state index in [1.807, 2.05) is 44.2 Å². The third-order valence-corrected chi connectivity index (χ3v) is 2.92. The highest BCUT2D eigenvalue weighted by atomic mass is 32.2. The lowest BCUT2D eigenvalue weighted by Gasteiger charge is -2.05. The summed E-state index contributed by atoms with van der Waals surface area (Å²) in [5.74, 6) is 6.24. The first-order valence-corrected chi connectivity index (χ1v) is 6.41. The molecule has 0 N–H and O–H groups in total. The molecule has 1 unspecified atom stereocenters. The van der Waals surface area contributed by atoms with Crippen molar-refractivity contribution in [3.63, 3.8) is 0 Å². The minimum Gasteiger partial charge on any atom is -0.479 e. The van der Waals surface area contributed by atoms with E-state index in [1.54, 1.807) is 0 Å². The van der Waals surface area contributed by atoms with Crippen molar-refractivity contribution < 1.29 is 4.74 Å². The quantitative estimate of drug-likeness (QED) is 0.587. The zero-order chi connectivity index (χ0) is 11.8. The predicted molar refractivity (Wildman–Crippen MR) is 74.6 cm³/mol. The summed E-state index contributed by atoms with van der Waals surface area (Å²) in [5, 5.41) is 0.152.